The number of aromatic nitrogens is 1. The molecule has 0 spiro atoms. The molecule has 2 aromatic rings. The van der Waals surface area contributed by atoms with Crippen LogP contribution in [0.3, 0.4) is 0 Å². The zero-order valence-corrected chi connectivity index (χ0v) is 14.1. The zero-order valence-electron chi connectivity index (χ0n) is 14.1. The van der Waals surface area contributed by atoms with Crippen LogP contribution in [0.25, 0.3) is 0 Å². The maximum atomic E-state index is 12.8. The second-order valence-corrected chi connectivity index (χ2v) is 5.81. The van der Waals surface area contributed by atoms with Crippen LogP contribution in [0.2, 0.25) is 0 Å². The predicted octanol–water partition coefficient (Wildman–Crippen LogP) is 2.20. The van der Waals surface area contributed by atoms with E-state index in [2.05, 4.69) is 10.3 Å². The summed E-state index contributed by atoms with van der Waals surface area (Å²) < 4.78 is 5.69. The van der Waals surface area contributed by atoms with Gasteiger partial charge in [-0.25, -0.2) is 4.98 Å². The summed E-state index contributed by atoms with van der Waals surface area (Å²) >= 11 is 0. The molecular weight excluding hydrogens is 320 g/mol. The molecule has 3 rings (SSSR count). The van der Waals surface area contributed by atoms with Crippen molar-refractivity contribution in [3.63, 3.8) is 0 Å². The highest BCUT2D eigenvalue weighted by Gasteiger charge is 2.39. The van der Waals surface area contributed by atoms with Crippen LogP contribution in [0.15, 0.2) is 42.5 Å². The Morgan fingerprint density at radius 1 is 1.32 bits per heavy atom. The second kappa shape index (κ2) is 6.80. The van der Waals surface area contributed by atoms with Crippen molar-refractivity contribution in [2.24, 2.45) is 0 Å². The van der Waals surface area contributed by atoms with Crippen molar-refractivity contribution in [3.8, 4) is 5.75 Å². The van der Waals surface area contributed by atoms with E-state index in [0.29, 0.717) is 17.9 Å². The fourth-order valence-corrected chi connectivity index (χ4v) is 2.70. The van der Waals surface area contributed by atoms with Crippen LogP contribution in [0.5, 0.6) is 5.75 Å². The molecule has 2 atom stereocenters. The minimum absolute atomic E-state index is 0.255. The fourth-order valence-electron chi connectivity index (χ4n) is 2.70. The van der Waals surface area contributed by atoms with E-state index in [1.165, 1.54) is 4.90 Å². The summed E-state index contributed by atoms with van der Waals surface area (Å²) in [4.78, 5) is 31.0. The minimum atomic E-state index is -0.765. The molecule has 2 amide bonds. The highest BCUT2D eigenvalue weighted by molar-refractivity contribution is 6.07. The van der Waals surface area contributed by atoms with E-state index in [4.69, 9.17) is 10.5 Å². The van der Waals surface area contributed by atoms with E-state index in [0.717, 1.165) is 0 Å². The van der Waals surface area contributed by atoms with Crippen LogP contribution >= 0.6 is 0 Å². The van der Waals surface area contributed by atoms with Gasteiger partial charge < -0.3 is 15.8 Å². The average molecular weight is 340 g/mol. The van der Waals surface area contributed by atoms with Gasteiger partial charge in [-0.3, -0.25) is 14.5 Å². The van der Waals surface area contributed by atoms with Gasteiger partial charge in [-0.15, -0.1) is 0 Å². The normalized spacial score (nSPS) is 17.4. The van der Waals surface area contributed by atoms with Gasteiger partial charge in [-0.1, -0.05) is 25.1 Å². The van der Waals surface area contributed by atoms with Crippen molar-refractivity contribution < 1.29 is 14.3 Å². The van der Waals surface area contributed by atoms with Crippen molar-refractivity contribution in [3.05, 3.63) is 42.5 Å². The first kappa shape index (κ1) is 16.8. The van der Waals surface area contributed by atoms with Crippen LogP contribution in [0.4, 0.5) is 17.3 Å². The van der Waals surface area contributed by atoms with Crippen molar-refractivity contribution >= 4 is 29.1 Å². The Bertz CT molecular complexity index is 794. The minimum Gasteiger partial charge on any atom is -0.477 e. The van der Waals surface area contributed by atoms with Gasteiger partial charge in [0.2, 0.25) is 5.91 Å². The lowest BCUT2D eigenvalue weighted by Crippen LogP contribution is -2.53. The topological polar surface area (TPSA) is 97.6 Å². The lowest BCUT2D eigenvalue weighted by molar-refractivity contribution is -0.129. The van der Waals surface area contributed by atoms with E-state index in [-0.39, 0.29) is 23.5 Å². The van der Waals surface area contributed by atoms with Crippen LogP contribution in [0, 0.1) is 0 Å². The van der Waals surface area contributed by atoms with Gasteiger partial charge in [-0.2, -0.15) is 0 Å². The highest BCUT2D eigenvalue weighted by atomic mass is 16.5. The third-order valence-electron chi connectivity index (χ3n) is 4.05. The molecule has 0 radical (unpaired) electrons. The highest BCUT2D eigenvalue weighted by Crippen LogP contribution is 2.35. The number of ether oxygens (including phenoxy) is 1. The van der Waals surface area contributed by atoms with Crippen molar-refractivity contribution in [1.29, 1.82) is 0 Å². The third-order valence-corrected chi connectivity index (χ3v) is 4.05. The Morgan fingerprint density at radius 3 is 2.72 bits per heavy atom. The molecule has 1 aliphatic heterocycles. The lowest BCUT2D eigenvalue weighted by Gasteiger charge is -2.36. The summed E-state index contributed by atoms with van der Waals surface area (Å²) in [6.45, 7) is 3.51. The molecule has 0 saturated heterocycles. The third kappa shape index (κ3) is 3.26. The molecule has 1 aromatic heterocycles. The molecule has 1 aliphatic rings. The molecule has 0 fully saturated rings. The van der Waals surface area contributed by atoms with Crippen molar-refractivity contribution in [2.75, 3.05) is 16.0 Å². The second-order valence-electron chi connectivity index (χ2n) is 5.81. The number of fused-ring (bicyclic) bond motifs is 1. The number of carbonyl (C=O) groups excluding carboxylic acids is 2. The number of rotatable bonds is 4. The SMILES string of the molecule is CCC1Oc2ccc(N)nc2N(C(C)C(=O)Nc2ccccc2)C1=O. The summed E-state index contributed by atoms with van der Waals surface area (Å²) in [5, 5.41) is 2.81. The van der Waals surface area contributed by atoms with E-state index < -0.39 is 12.1 Å². The molecule has 0 bridgehead atoms. The first-order valence-corrected chi connectivity index (χ1v) is 8.13. The van der Waals surface area contributed by atoms with Gasteiger partial charge in [0.25, 0.3) is 5.91 Å². The molecule has 0 aliphatic carbocycles. The van der Waals surface area contributed by atoms with Gasteiger partial charge >= 0.3 is 0 Å². The van der Waals surface area contributed by atoms with Crippen LogP contribution < -0.4 is 20.7 Å². The first-order valence-electron chi connectivity index (χ1n) is 8.13. The number of hydrogen-bond donors (Lipinski definition) is 2. The molecule has 7 nitrogen and oxygen atoms in total. The molecule has 1 aromatic carbocycles. The number of para-hydroxylation sites is 1. The standard InChI is InChI=1S/C18H20N4O3/c1-3-13-18(24)22(16-14(25-13)9-10-15(19)21-16)11(2)17(23)20-12-7-5-4-6-8-12/h4-11,13H,3H2,1-2H3,(H2,19,21)(H,20,23). The van der Waals surface area contributed by atoms with Gasteiger partial charge in [0.05, 0.1) is 0 Å². The lowest BCUT2D eigenvalue weighted by atomic mass is 10.1. The monoisotopic (exact) mass is 340 g/mol. The van der Waals surface area contributed by atoms with Gasteiger partial charge in [0.1, 0.15) is 11.9 Å². The summed E-state index contributed by atoms with van der Waals surface area (Å²) in [6.07, 6.45) is -0.156. The Balaban J connectivity index is 1.92. The molecule has 7 heteroatoms. The van der Waals surface area contributed by atoms with Crippen molar-refractivity contribution in [1.82, 2.24) is 4.98 Å². The number of pyridine rings is 1. The molecule has 3 N–H and O–H groups in total. The maximum Gasteiger partial charge on any atom is 0.270 e. The Kier molecular flexibility index (Phi) is 4.56. The largest absolute Gasteiger partial charge is 0.477 e. The van der Waals surface area contributed by atoms with E-state index in [1.807, 2.05) is 25.1 Å². The smallest absolute Gasteiger partial charge is 0.270 e. The fraction of sp³-hybridized carbons (Fsp3) is 0.278. The molecule has 25 heavy (non-hydrogen) atoms. The molecule has 2 unspecified atom stereocenters. The predicted molar refractivity (Wildman–Crippen MR) is 95.4 cm³/mol. The summed E-state index contributed by atoms with van der Waals surface area (Å²) in [5.74, 6) is 0.353. The number of anilines is 3. The molecule has 2 heterocycles. The number of nitrogens with two attached hydrogens (primary N) is 1. The van der Waals surface area contributed by atoms with Gasteiger partial charge in [0, 0.05) is 5.69 Å². The number of benzene rings is 1. The van der Waals surface area contributed by atoms with Crippen LogP contribution in [0.1, 0.15) is 20.3 Å². The van der Waals surface area contributed by atoms with Crippen LogP contribution in [-0.4, -0.2) is 28.9 Å². The van der Waals surface area contributed by atoms with Gasteiger partial charge in [-0.05, 0) is 37.6 Å². The molecule has 130 valence electrons. The Hall–Kier alpha value is -3.09. The van der Waals surface area contributed by atoms with E-state index in [9.17, 15) is 9.59 Å². The summed E-state index contributed by atoms with van der Waals surface area (Å²) in [5.41, 5.74) is 6.41. The molecular formula is C18H20N4O3. The zero-order chi connectivity index (χ0) is 18.0. The average Bonchev–Trinajstić information content (AvgIpc) is 2.61. The number of amides is 2. The summed E-state index contributed by atoms with van der Waals surface area (Å²) in [6, 6.07) is 11.6. The molecule has 0 saturated carbocycles. The number of hydrogen-bond acceptors (Lipinski definition) is 5. The number of carbonyl (C=O) groups is 2. The quantitative estimate of drug-likeness (QED) is 0.889. The Morgan fingerprint density at radius 2 is 2.04 bits per heavy atom. The van der Waals surface area contributed by atoms with E-state index in [1.54, 1.807) is 31.2 Å². The van der Waals surface area contributed by atoms with Crippen molar-refractivity contribution in [2.45, 2.75) is 32.4 Å². The van der Waals surface area contributed by atoms with Crippen LogP contribution in [-0.2, 0) is 9.59 Å². The number of nitrogens with zero attached hydrogens (tertiary/aromatic N) is 2. The number of nitrogen functional groups attached to an aromatic ring is 1. The summed E-state index contributed by atoms with van der Waals surface area (Å²) in [7, 11) is 0. The maximum absolute atomic E-state index is 12.8. The number of nitrogens with one attached hydrogen (secondary N) is 1. The van der Waals surface area contributed by atoms with E-state index >= 15 is 0 Å². The first-order chi connectivity index (χ1) is 12.0. The van der Waals surface area contributed by atoms with Gasteiger partial charge in [0.15, 0.2) is 17.7 Å². The Labute approximate surface area is 145 Å².